The molecular weight excluding hydrogens is 334 g/mol. The molecule has 26 heavy (non-hydrogen) atoms. The fraction of sp³-hybridized carbons (Fsp3) is 0.300. The monoisotopic (exact) mass is 355 g/mol. The number of ether oxygens (including phenoxy) is 3. The number of hydrogen-bond acceptors (Lipinski definition) is 5. The summed E-state index contributed by atoms with van der Waals surface area (Å²) >= 11 is 0. The van der Waals surface area contributed by atoms with E-state index in [-0.39, 0.29) is 25.2 Å². The fourth-order valence-corrected chi connectivity index (χ4v) is 2.75. The number of esters is 1. The third-order valence-electron chi connectivity index (χ3n) is 3.89. The van der Waals surface area contributed by atoms with Gasteiger partial charge < -0.3 is 19.5 Å². The van der Waals surface area contributed by atoms with E-state index in [2.05, 4.69) is 5.32 Å². The van der Waals surface area contributed by atoms with Crippen molar-refractivity contribution in [2.75, 3.05) is 19.8 Å². The van der Waals surface area contributed by atoms with Crippen molar-refractivity contribution in [3.05, 3.63) is 59.2 Å². The summed E-state index contributed by atoms with van der Waals surface area (Å²) in [6.45, 7) is 4.09. The molecule has 0 fully saturated rings. The van der Waals surface area contributed by atoms with Gasteiger partial charge in [-0.3, -0.25) is 4.79 Å². The minimum atomic E-state index is -0.516. The van der Waals surface area contributed by atoms with Crippen LogP contribution in [0.15, 0.2) is 42.5 Å². The Morgan fingerprint density at radius 1 is 1.12 bits per heavy atom. The van der Waals surface area contributed by atoms with Crippen LogP contribution in [-0.2, 0) is 9.53 Å². The highest BCUT2D eigenvalue weighted by Gasteiger charge is 2.21. The largest absolute Gasteiger partial charge is 0.486 e. The third kappa shape index (κ3) is 4.53. The first-order valence-corrected chi connectivity index (χ1v) is 8.42. The smallest absolute Gasteiger partial charge is 0.338 e. The topological polar surface area (TPSA) is 73.9 Å². The number of nitrogens with one attached hydrogen (secondary N) is 1. The van der Waals surface area contributed by atoms with Crippen LogP contribution in [0.3, 0.4) is 0 Å². The van der Waals surface area contributed by atoms with E-state index in [1.54, 1.807) is 12.1 Å². The van der Waals surface area contributed by atoms with E-state index in [1.165, 1.54) is 0 Å². The molecule has 1 atom stereocenters. The molecule has 1 aliphatic rings. The van der Waals surface area contributed by atoms with Crippen molar-refractivity contribution in [1.82, 2.24) is 5.32 Å². The molecule has 0 spiro atoms. The summed E-state index contributed by atoms with van der Waals surface area (Å²) in [5.74, 6) is 0.444. The van der Waals surface area contributed by atoms with Crippen LogP contribution in [0.25, 0.3) is 0 Å². The van der Waals surface area contributed by atoms with Crippen LogP contribution in [0.4, 0.5) is 0 Å². The molecule has 2 aromatic rings. The SMILES string of the molecule is Cc1cc(C)cc(C(=O)OCC(=O)NCC2COc3ccccc3O2)c1. The van der Waals surface area contributed by atoms with Gasteiger partial charge in [0, 0.05) is 0 Å². The summed E-state index contributed by atoms with van der Waals surface area (Å²) in [7, 11) is 0. The standard InChI is InChI=1S/C20H21NO5/c1-13-7-14(2)9-15(8-13)20(23)25-12-19(22)21-10-16-11-24-17-5-3-4-6-18(17)26-16/h3-9,16H,10-12H2,1-2H3,(H,21,22). The number of fused-ring (bicyclic) bond motifs is 1. The number of benzene rings is 2. The first-order valence-electron chi connectivity index (χ1n) is 8.42. The second-order valence-corrected chi connectivity index (χ2v) is 6.25. The molecule has 0 saturated carbocycles. The molecular formula is C20H21NO5. The molecule has 0 bridgehead atoms. The Kier molecular flexibility index (Phi) is 5.41. The minimum absolute atomic E-state index is 0.272. The Morgan fingerprint density at radius 3 is 2.54 bits per heavy atom. The first-order chi connectivity index (χ1) is 12.5. The van der Waals surface area contributed by atoms with E-state index in [0.29, 0.717) is 23.7 Å². The molecule has 1 aliphatic heterocycles. The lowest BCUT2D eigenvalue weighted by atomic mass is 10.1. The molecule has 0 radical (unpaired) electrons. The van der Waals surface area contributed by atoms with Crippen LogP contribution in [0.5, 0.6) is 11.5 Å². The Bertz CT molecular complexity index is 797. The van der Waals surface area contributed by atoms with Gasteiger partial charge in [0.05, 0.1) is 12.1 Å². The maximum Gasteiger partial charge on any atom is 0.338 e. The van der Waals surface area contributed by atoms with Gasteiger partial charge >= 0.3 is 5.97 Å². The summed E-state index contributed by atoms with van der Waals surface area (Å²) in [6, 6.07) is 12.8. The average molecular weight is 355 g/mol. The van der Waals surface area contributed by atoms with Gasteiger partial charge in [-0.2, -0.15) is 0 Å². The van der Waals surface area contributed by atoms with Crippen LogP contribution in [0, 0.1) is 13.8 Å². The number of hydrogen-bond donors (Lipinski definition) is 1. The van der Waals surface area contributed by atoms with E-state index >= 15 is 0 Å². The number of para-hydroxylation sites is 2. The third-order valence-corrected chi connectivity index (χ3v) is 3.89. The summed E-state index contributed by atoms with van der Waals surface area (Å²) in [6.07, 6.45) is -0.288. The summed E-state index contributed by atoms with van der Waals surface area (Å²) in [5, 5.41) is 2.69. The summed E-state index contributed by atoms with van der Waals surface area (Å²) in [5.41, 5.74) is 2.38. The lowest BCUT2D eigenvalue weighted by molar-refractivity contribution is -0.124. The number of amides is 1. The number of rotatable bonds is 5. The molecule has 2 aromatic carbocycles. The normalized spacial score (nSPS) is 15.2. The summed E-state index contributed by atoms with van der Waals surface area (Å²) < 4.78 is 16.4. The van der Waals surface area contributed by atoms with Crippen LogP contribution in [-0.4, -0.2) is 37.7 Å². The van der Waals surface area contributed by atoms with Gasteiger partial charge in [0.25, 0.3) is 5.91 Å². The van der Waals surface area contributed by atoms with Crippen LogP contribution in [0.1, 0.15) is 21.5 Å². The summed E-state index contributed by atoms with van der Waals surface area (Å²) in [4.78, 5) is 24.0. The minimum Gasteiger partial charge on any atom is -0.486 e. The molecule has 1 heterocycles. The lowest BCUT2D eigenvalue weighted by Gasteiger charge is -2.26. The Balaban J connectivity index is 1.44. The van der Waals surface area contributed by atoms with Crippen molar-refractivity contribution < 1.29 is 23.8 Å². The zero-order valence-electron chi connectivity index (χ0n) is 14.8. The van der Waals surface area contributed by atoms with Gasteiger partial charge in [0.1, 0.15) is 12.7 Å². The second-order valence-electron chi connectivity index (χ2n) is 6.25. The van der Waals surface area contributed by atoms with Crippen molar-refractivity contribution in [3.63, 3.8) is 0 Å². The van der Waals surface area contributed by atoms with Gasteiger partial charge in [-0.05, 0) is 38.1 Å². The fourth-order valence-electron chi connectivity index (χ4n) is 2.75. The molecule has 3 rings (SSSR count). The van der Waals surface area contributed by atoms with Crippen molar-refractivity contribution in [2.45, 2.75) is 20.0 Å². The number of aryl methyl sites for hydroxylation is 2. The van der Waals surface area contributed by atoms with Crippen LogP contribution in [0.2, 0.25) is 0 Å². The highest BCUT2D eigenvalue weighted by Crippen LogP contribution is 2.30. The quantitative estimate of drug-likeness (QED) is 0.834. The van der Waals surface area contributed by atoms with Gasteiger partial charge in [-0.25, -0.2) is 4.79 Å². The maximum atomic E-state index is 12.0. The molecule has 1 amide bonds. The highest BCUT2D eigenvalue weighted by atomic mass is 16.6. The molecule has 6 nitrogen and oxygen atoms in total. The molecule has 6 heteroatoms. The number of carbonyl (C=O) groups is 2. The van der Waals surface area contributed by atoms with Gasteiger partial charge in [0.15, 0.2) is 18.1 Å². The second kappa shape index (κ2) is 7.91. The Hall–Kier alpha value is -3.02. The molecule has 0 saturated heterocycles. The predicted octanol–water partition coefficient (Wildman–Crippen LogP) is 2.42. The Labute approximate surface area is 152 Å². The van der Waals surface area contributed by atoms with E-state index in [0.717, 1.165) is 11.1 Å². The van der Waals surface area contributed by atoms with Crippen LogP contribution < -0.4 is 14.8 Å². The van der Waals surface area contributed by atoms with Gasteiger partial charge in [-0.1, -0.05) is 29.3 Å². The van der Waals surface area contributed by atoms with Crippen molar-refractivity contribution in [1.29, 1.82) is 0 Å². The molecule has 0 aliphatic carbocycles. The molecule has 136 valence electrons. The van der Waals surface area contributed by atoms with Crippen LogP contribution >= 0.6 is 0 Å². The van der Waals surface area contributed by atoms with Crippen molar-refractivity contribution >= 4 is 11.9 Å². The van der Waals surface area contributed by atoms with E-state index < -0.39 is 5.97 Å². The highest BCUT2D eigenvalue weighted by molar-refractivity contribution is 5.91. The van der Waals surface area contributed by atoms with Crippen molar-refractivity contribution in [3.8, 4) is 11.5 Å². The molecule has 1 N–H and O–H groups in total. The lowest BCUT2D eigenvalue weighted by Crippen LogP contribution is -2.42. The Morgan fingerprint density at radius 2 is 1.81 bits per heavy atom. The van der Waals surface area contributed by atoms with E-state index in [4.69, 9.17) is 14.2 Å². The zero-order valence-corrected chi connectivity index (χ0v) is 14.8. The predicted molar refractivity (Wildman–Crippen MR) is 95.6 cm³/mol. The van der Waals surface area contributed by atoms with Gasteiger partial charge in [-0.15, -0.1) is 0 Å². The first kappa shape index (κ1) is 17.8. The maximum absolute atomic E-state index is 12.0. The van der Waals surface area contributed by atoms with E-state index in [1.807, 2.05) is 44.2 Å². The van der Waals surface area contributed by atoms with Gasteiger partial charge in [0.2, 0.25) is 0 Å². The zero-order chi connectivity index (χ0) is 18.5. The molecule has 1 unspecified atom stereocenters. The molecule has 0 aromatic heterocycles. The average Bonchev–Trinajstić information content (AvgIpc) is 2.63. The van der Waals surface area contributed by atoms with Crippen molar-refractivity contribution in [2.24, 2.45) is 0 Å². The van der Waals surface area contributed by atoms with E-state index in [9.17, 15) is 9.59 Å². The number of carbonyl (C=O) groups excluding carboxylic acids is 2.